The van der Waals surface area contributed by atoms with Crippen LogP contribution < -0.4 is 15.8 Å². The Balaban J connectivity index is 2.18. The van der Waals surface area contributed by atoms with Crippen LogP contribution in [-0.4, -0.2) is 11.6 Å². The van der Waals surface area contributed by atoms with E-state index in [1.807, 2.05) is 24.3 Å². The number of nitrogens with two attached hydrogens (primary N) is 1. The molecule has 2 aromatic rings. The third-order valence-electron chi connectivity index (χ3n) is 2.64. The number of halogens is 2. The highest BCUT2D eigenvalue weighted by Gasteiger charge is 2.07. The van der Waals surface area contributed by atoms with Gasteiger partial charge < -0.3 is 15.8 Å². The maximum absolute atomic E-state index is 5.89. The smallest absolute Gasteiger partial charge is 0.239 e. The van der Waals surface area contributed by atoms with Crippen molar-refractivity contribution in [3.63, 3.8) is 0 Å². The highest BCUT2D eigenvalue weighted by Crippen LogP contribution is 2.30. The van der Waals surface area contributed by atoms with Gasteiger partial charge in [-0.3, -0.25) is 0 Å². The van der Waals surface area contributed by atoms with Crippen molar-refractivity contribution in [2.24, 2.45) is 5.92 Å². The average Bonchev–Trinajstić information content (AvgIpc) is 2.42. The molecular weight excluding hydrogens is 398 g/mol. The number of anilines is 3. The zero-order valence-electron chi connectivity index (χ0n) is 11.9. The largest absolute Gasteiger partial charge is 0.476 e. The Hall–Kier alpha value is -1.27. The van der Waals surface area contributed by atoms with Gasteiger partial charge in [0.15, 0.2) is 0 Å². The van der Waals surface area contributed by atoms with Gasteiger partial charge in [-0.1, -0.05) is 29.8 Å². The highest BCUT2D eigenvalue weighted by molar-refractivity contribution is 9.11. The quantitative estimate of drug-likeness (QED) is 0.725. The van der Waals surface area contributed by atoms with Crippen LogP contribution >= 0.6 is 31.9 Å². The van der Waals surface area contributed by atoms with E-state index < -0.39 is 0 Å². The molecule has 112 valence electrons. The van der Waals surface area contributed by atoms with Crippen molar-refractivity contribution in [3.05, 3.63) is 39.3 Å². The van der Waals surface area contributed by atoms with Crippen molar-refractivity contribution in [1.29, 1.82) is 0 Å². The molecule has 0 aliphatic rings. The van der Waals surface area contributed by atoms with Crippen LogP contribution in [0.1, 0.15) is 13.8 Å². The van der Waals surface area contributed by atoms with E-state index in [0.29, 0.717) is 29.9 Å². The van der Waals surface area contributed by atoms with Crippen LogP contribution in [0.4, 0.5) is 17.2 Å². The molecule has 4 nitrogen and oxygen atoms in total. The number of pyridine rings is 1. The molecule has 1 aromatic carbocycles. The van der Waals surface area contributed by atoms with Gasteiger partial charge in [-0.05, 0) is 52.2 Å². The summed E-state index contributed by atoms with van der Waals surface area (Å²) in [6.45, 7) is 4.75. The fourth-order valence-corrected chi connectivity index (χ4v) is 2.76. The molecule has 0 amide bonds. The second-order valence-electron chi connectivity index (χ2n) is 5.04. The molecule has 0 radical (unpaired) electrons. The Morgan fingerprint density at radius 3 is 2.67 bits per heavy atom. The van der Waals surface area contributed by atoms with Gasteiger partial charge in [0.1, 0.15) is 5.82 Å². The molecule has 0 aliphatic carbocycles. The normalized spacial score (nSPS) is 10.7. The molecule has 0 unspecified atom stereocenters. The molecule has 0 bridgehead atoms. The number of nitrogens with zero attached hydrogens (tertiary/aromatic N) is 1. The molecule has 0 saturated heterocycles. The Kier molecular flexibility index (Phi) is 5.47. The van der Waals surface area contributed by atoms with Gasteiger partial charge in [0.2, 0.25) is 5.88 Å². The molecule has 6 heteroatoms. The van der Waals surface area contributed by atoms with E-state index in [1.54, 1.807) is 6.07 Å². The lowest BCUT2D eigenvalue weighted by molar-refractivity contribution is 0.263. The summed E-state index contributed by atoms with van der Waals surface area (Å²) in [7, 11) is 0. The summed E-state index contributed by atoms with van der Waals surface area (Å²) in [5.41, 5.74) is 7.35. The second kappa shape index (κ2) is 7.13. The Labute approximate surface area is 141 Å². The van der Waals surface area contributed by atoms with Crippen LogP contribution in [0.3, 0.4) is 0 Å². The molecule has 1 heterocycles. The van der Waals surface area contributed by atoms with Crippen LogP contribution in [0, 0.1) is 5.92 Å². The fourth-order valence-electron chi connectivity index (χ4n) is 1.61. The number of nitrogen functional groups attached to an aromatic ring is 1. The average molecular weight is 415 g/mol. The van der Waals surface area contributed by atoms with Gasteiger partial charge in [-0.2, -0.15) is 4.98 Å². The second-order valence-corrected chi connectivity index (χ2v) is 6.81. The predicted molar refractivity (Wildman–Crippen MR) is 94.1 cm³/mol. The van der Waals surface area contributed by atoms with Gasteiger partial charge >= 0.3 is 0 Å². The number of benzene rings is 1. The first-order valence-corrected chi connectivity index (χ1v) is 8.15. The molecule has 0 fully saturated rings. The summed E-state index contributed by atoms with van der Waals surface area (Å²) in [5.74, 6) is 1.57. The van der Waals surface area contributed by atoms with E-state index in [2.05, 4.69) is 56.0 Å². The maximum atomic E-state index is 5.89. The van der Waals surface area contributed by atoms with E-state index in [-0.39, 0.29) is 0 Å². The summed E-state index contributed by atoms with van der Waals surface area (Å²) in [6, 6.07) is 9.50. The molecular formula is C15H17Br2N3O. The standard InChI is InChI=1S/C15H17Br2N3O/c1-9(2)8-21-15-12(18)4-6-14(20-15)19-13-5-3-10(16)7-11(13)17/h3-7,9H,8,18H2,1-2H3,(H,19,20). The van der Waals surface area contributed by atoms with Crippen LogP contribution in [0.5, 0.6) is 5.88 Å². The topological polar surface area (TPSA) is 60.2 Å². The first-order valence-electron chi connectivity index (χ1n) is 6.57. The Bertz CT molecular complexity index is 632. The minimum Gasteiger partial charge on any atom is -0.476 e. The Morgan fingerprint density at radius 2 is 2.00 bits per heavy atom. The van der Waals surface area contributed by atoms with E-state index in [0.717, 1.165) is 14.6 Å². The predicted octanol–water partition coefficient (Wildman–Crippen LogP) is 4.97. The first kappa shape index (κ1) is 16.1. The Morgan fingerprint density at radius 1 is 1.24 bits per heavy atom. The number of rotatable bonds is 5. The monoisotopic (exact) mass is 413 g/mol. The lowest BCUT2D eigenvalue weighted by atomic mass is 10.2. The van der Waals surface area contributed by atoms with Gasteiger partial charge in [0.25, 0.3) is 0 Å². The number of ether oxygens (including phenoxy) is 1. The van der Waals surface area contributed by atoms with Crippen molar-refractivity contribution in [2.75, 3.05) is 17.7 Å². The lowest BCUT2D eigenvalue weighted by Gasteiger charge is -2.13. The van der Waals surface area contributed by atoms with Crippen molar-refractivity contribution >= 4 is 49.1 Å². The third-order valence-corrected chi connectivity index (χ3v) is 3.79. The van der Waals surface area contributed by atoms with Crippen molar-refractivity contribution < 1.29 is 4.74 Å². The number of hydrogen-bond donors (Lipinski definition) is 2. The summed E-state index contributed by atoms with van der Waals surface area (Å²) in [5, 5.41) is 3.24. The van der Waals surface area contributed by atoms with Gasteiger partial charge in [-0.25, -0.2) is 0 Å². The number of aromatic nitrogens is 1. The van der Waals surface area contributed by atoms with Gasteiger partial charge in [0, 0.05) is 8.95 Å². The fraction of sp³-hybridized carbons (Fsp3) is 0.267. The molecule has 0 atom stereocenters. The third kappa shape index (κ3) is 4.61. The number of nitrogens with one attached hydrogen (secondary N) is 1. The maximum Gasteiger partial charge on any atom is 0.239 e. The molecule has 0 spiro atoms. The van der Waals surface area contributed by atoms with Crippen LogP contribution in [0.2, 0.25) is 0 Å². The van der Waals surface area contributed by atoms with E-state index in [9.17, 15) is 0 Å². The molecule has 21 heavy (non-hydrogen) atoms. The van der Waals surface area contributed by atoms with Gasteiger partial charge in [0.05, 0.1) is 18.0 Å². The van der Waals surface area contributed by atoms with Crippen LogP contribution in [0.25, 0.3) is 0 Å². The molecule has 2 rings (SSSR count). The van der Waals surface area contributed by atoms with Crippen molar-refractivity contribution in [2.45, 2.75) is 13.8 Å². The zero-order valence-corrected chi connectivity index (χ0v) is 15.0. The zero-order chi connectivity index (χ0) is 15.4. The summed E-state index contributed by atoms with van der Waals surface area (Å²) < 4.78 is 7.58. The van der Waals surface area contributed by atoms with Crippen LogP contribution in [0.15, 0.2) is 39.3 Å². The van der Waals surface area contributed by atoms with Crippen LogP contribution in [-0.2, 0) is 0 Å². The minimum absolute atomic E-state index is 0.420. The first-order chi connectivity index (χ1) is 9.95. The molecule has 3 N–H and O–H groups in total. The molecule has 0 saturated carbocycles. The van der Waals surface area contributed by atoms with E-state index >= 15 is 0 Å². The van der Waals surface area contributed by atoms with E-state index in [4.69, 9.17) is 10.5 Å². The molecule has 1 aromatic heterocycles. The minimum atomic E-state index is 0.420. The highest BCUT2D eigenvalue weighted by atomic mass is 79.9. The van der Waals surface area contributed by atoms with Crippen molar-refractivity contribution in [3.8, 4) is 5.88 Å². The summed E-state index contributed by atoms with van der Waals surface area (Å²) in [6.07, 6.45) is 0. The van der Waals surface area contributed by atoms with Gasteiger partial charge in [-0.15, -0.1) is 0 Å². The SMILES string of the molecule is CC(C)COc1nc(Nc2ccc(Br)cc2Br)ccc1N. The number of hydrogen-bond acceptors (Lipinski definition) is 4. The van der Waals surface area contributed by atoms with E-state index in [1.165, 1.54) is 0 Å². The summed E-state index contributed by atoms with van der Waals surface area (Å²) in [4.78, 5) is 4.41. The van der Waals surface area contributed by atoms with Crippen molar-refractivity contribution in [1.82, 2.24) is 4.98 Å². The molecule has 0 aliphatic heterocycles. The summed E-state index contributed by atoms with van der Waals surface area (Å²) >= 11 is 6.94. The lowest BCUT2D eigenvalue weighted by Crippen LogP contribution is -2.08.